The maximum atomic E-state index is 14.4. The Balaban J connectivity index is 1.53. The number of anilines is 1. The Morgan fingerprint density at radius 1 is 1.23 bits per heavy atom. The number of aromatic nitrogens is 2. The molecule has 2 N–H and O–H groups in total. The first-order chi connectivity index (χ1) is 19.7. The summed E-state index contributed by atoms with van der Waals surface area (Å²) in [7, 11) is 0. The fourth-order valence-electron chi connectivity index (χ4n) is 5.47. The first-order valence-corrected chi connectivity index (χ1v) is 12.8. The molecule has 9 nitrogen and oxygen atoms in total. The van der Waals surface area contributed by atoms with Gasteiger partial charge in [-0.15, -0.1) is 0 Å². The van der Waals surface area contributed by atoms with Crippen molar-refractivity contribution in [2.75, 3.05) is 18.8 Å². The van der Waals surface area contributed by atoms with Crippen LogP contribution in [0.2, 0.25) is 0 Å². The van der Waals surface area contributed by atoms with Gasteiger partial charge in [-0.3, -0.25) is 24.1 Å². The zero-order valence-corrected chi connectivity index (χ0v) is 22.1. The molecule has 1 fully saturated rings. The van der Waals surface area contributed by atoms with E-state index in [4.69, 9.17) is 10.7 Å². The van der Waals surface area contributed by atoms with Crippen molar-refractivity contribution in [3.05, 3.63) is 83.6 Å². The van der Waals surface area contributed by atoms with Gasteiger partial charge < -0.3 is 15.2 Å². The standard InChI is InChI=1S/C30H32N6O3/c1-29(2,3)15-23(35(5)27(38)25-32-17-22(33-25)19-11-7-6-8-12-19)26(37)36-18-30(16-24(36)31-4)20-13-9-10-14-21(20)34-28(30)39/h6-14,17,23-24H,15-16,18H2,1-3,5H3,(H,32,33)(H,34,39)/t23-,24-,30-/m0/s1/i5D3. The number of likely N-dealkylation sites (tertiary alicyclic amines) is 1. The Morgan fingerprint density at radius 3 is 2.64 bits per heavy atom. The van der Waals surface area contributed by atoms with Gasteiger partial charge in [-0.25, -0.2) is 11.6 Å². The lowest BCUT2D eigenvalue weighted by atomic mass is 9.80. The van der Waals surface area contributed by atoms with E-state index in [1.165, 1.54) is 11.1 Å². The second-order valence-corrected chi connectivity index (χ2v) is 11.3. The molecule has 3 amide bonds. The van der Waals surface area contributed by atoms with Crippen LogP contribution < -0.4 is 5.32 Å². The summed E-state index contributed by atoms with van der Waals surface area (Å²) in [5.41, 5.74) is 0.865. The van der Waals surface area contributed by atoms with Crippen LogP contribution in [0.1, 0.15) is 53.9 Å². The monoisotopic (exact) mass is 527 g/mol. The Hall–Kier alpha value is -4.45. The molecule has 2 aliphatic heterocycles. The number of imidazole rings is 1. The maximum Gasteiger partial charge on any atom is 0.302 e. The molecule has 3 heterocycles. The van der Waals surface area contributed by atoms with Crippen LogP contribution in [0, 0.1) is 12.0 Å². The highest BCUT2D eigenvalue weighted by molar-refractivity contribution is 6.07. The molecule has 1 aromatic heterocycles. The number of para-hydroxylation sites is 1. The van der Waals surface area contributed by atoms with Crippen LogP contribution in [-0.2, 0) is 15.0 Å². The van der Waals surface area contributed by atoms with Crippen LogP contribution in [0.15, 0.2) is 60.8 Å². The van der Waals surface area contributed by atoms with E-state index in [0.29, 0.717) is 21.8 Å². The van der Waals surface area contributed by atoms with Crippen LogP contribution in [0.3, 0.4) is 0 Å². The van der Waals surface area contributed by atoms with Gasteiger partial charge in [-0.2, -0.15) is 0 Å². The third-order valence-electron chi connectivity index (χ3n) is 7.37. The number of nitrogens with one attached hydrogen (secondary N) is 2. The highest BCUT2D eigenvalue weighted by Gasteiger charge is 2.59. The minimum absolute atomic E-state index is 0.000776. The molecule has 0 saturated carbocycles. The molecule has 3 aromatic rings. The Kier molecular flexibility index (Phi) is 5.60. The van der Waals surface area contributed by atoms with Crippen LogP contribution in [-0.4, -0.2) is 63.2 Å². The van der Waals surface area contributed by atoms with Gasteiger partial charge in [-0.1, -0.05) is 69.3 Å². The van der Waals surface area contributed by atoms with Crippen molar-refractivity contribution in [3.8, 4) is 11.3 Å². The predicted molar refractivity (Wildman–Crippen MR) is 147 cm³/mol. The number of carbonyl (C=O) groups is 3. The molecule has 3 atom stereocenters. The highest BCUT2D eigenvalue weighted by Crippen LogP contribution is 2.47. The quantitative estimate of drug-likeness (QED) is 0.483. The molecule has 1 spiro atoms. The number of nitrogens with zero attached hydrogens (tertiary/aromatic N) is 4. The number of amides is 3. The summed E-state index contributed by atoms with van der Waals surface area (Å²) >= 11 is 0. The first kappa shape index (κ1) is 22.5. The normalized spacial score (nSPS) is 22.3. The smallest absolute Gasteiger partial charge is 0.302 e. The second-order valence-electron chi connectivity index (χ2n) is 11.3. The zero-order chi connectivity index (χ0) is 30.4. The molecule has 5 rings (SSSR count). The fraction of sp³-hybridized carbons (Fsp3) is 0.367. The van der Waals surface area contributed by atoms with Crippen LogP contribution in [0.5, 0.6) is 0 Å². The second kappa shape index (κ2) is 9.70. The molecular formula is C30H32N6O3. The van der Waals surface area contributed by atoms with E-state index < -0.39 is 41.8 Å². The minimum atomic E-state index is -3.01. The van der Waals surface area contributed by atoms with E-state index in [0.717, 1.165) is 5.56 Å². The summed E-state index contributed by atoms with van der Waals surface area (Å²) in [4.78, 5) is 54.1. The van der Waals surface area contributed by atoms with Crippen LogP contribution in [0.4, 0.5) is 5.69 Å². The van der Waals surface area contributed by atoms with Crippen molar-refractivity contribution in [1.82, 2.24) is 19.8 Å². The van der Waals surface area contributed by atoms with Crippen molar-refractivity contribution in [1.29, 1.82) is 0 Å². The van der Waals surface area contributed by atoms with E-state index in [1.807, 2.05) is 51.1 Å². The predicted octanol–water partition coefficient (Wildman–Crippen LogP) is 4.32. The summed E-state index contributed by atoms with van der Waals surface area (Å²) in [6.45, 7) is 10.3. The van der Waals surface area contributed by atoms with Gasteiger partial charge >= 0.3 is 6.17 Å². The highest BCUT2D eigenvalue weighted by atomic mass is 16.2. The third kappa shape index (κ3) is 4.67. The van der Waals surface area contributed by atoms with Crippen molar-refractivity contribution in [2.24, 2.45) is 5.41 Å². The van der Waals surface area contributed by atoms with Crippen LogP contribution >= 0.6 is 0 Å². The molecule has 9 heteroatoms. The lowest BCUT2D eigenvalue weighted by molar-refractivity contribution is -0.137. The van der Waals surface area contributed by atoms with Crippen molar-refractivity contribution in [2.45, 2.75) is 51.2 Å². The third-order valence-corrected chi connectivity index (χ3v) is 7.37. The summed E-state index contributed by atoms with van der Waals surface area (Å²) < 4.78 is 25.0. The fourth-order valence-corrected chi connectivity index (χ4v) is 5.47. The van der Waals surface area contributed by atoms with Gasteiger partial charge in [0.2, 0.25) is 5.91 Å². The minimum Gasteiger partial charge on any atom is -0.334 e. The molecule has 0 unspecified atom stereocenters. The number of benzene rings is 2. The zero-order valence-electron chi connectivity index (χ0n) is 25.1. The SMILES string of the molecule is [2H]C([2H])([2H])N(C(=O)c1ncc(-c2ccccc2)[nH]1)[C@@H](CC(C)(C)C)C(=O)N1C[C@]2(C[C@H]1[N+]#[C-])C(=O)Nc1ccccc12. The average molecular weight is 528 g/mol. The van der Waals surface area contributed by atoms with Gasteiger partial charge in [0.25, 0.3) is 11.8 Å². The Bertz CT molecular complexity index is 1570. The number of fused-ring (bicyclic) bond motifs is 2. The van der Waals surface area contributed by atoms with Gasteiger partial charge in [0.15, 0.2) is 5.82 Å². The maximum absolute atomic E-state index is 14.4. The molecule has 200 valence electrons. The van der Waals surface area contributed by atoms with E-state index in [9.17, 15) is 14.4 Å². The van der Waals surface area contributed by atoms with E-state index in [-0.39, 0.29) is 31.1 Å². The van der Waals surface area contributed by atoms with E-state index >= 15 is 0 Å². The van der Waals surface area contributed by atoms with Gasteiger partial charge in [0.05, 0.1) is 18.3 Å². The number of likely N-dealkylation sites (N-methyl/N-ethyl adjacent to an activating group) is 1. The molecule has 39 heavy (non-hydrogen) atoms. The molecule has 0 radical (unpaired) electrons. The summed E-state index contributed by atoms with van der Waals surface area (Å²) in [5, 5.41) is 2.86. The number of aromatic amines is 1. The molecular weight excluding hydrogens is 492 g/mol. The van der Waals surface area contributed by atoms with Crippen LogP contribution in [0.25, 0.3) is 16.1 Å². The first-order valence-electron chi connectivity index (χ1n) is 14.3. The largest absolute Gasteiger partial charge is 0.334 e. The number of hydrogen-bond acceptors (Lipinski definition) is 4. The number of H-pyrrole nitrogens is 1. The number of carbonyl (C=O) groups excluding carboxylic acids is 3. The van der Waals surface area contributed by atoms with Crippen molar-refractivity contribution >= 4 is 23.4 Å². The summed E-state index contributed by atoms with van der Waals surface area (Å²) in [6.07, 6.45) is 0.488. The van der Waals surface area contributed by atoms with E-state index in [1.54, 1.807) is 24.3 Å². The summed E-state index contributed by atoms with van der Waals surface area (Å²) in [6, 6.07) is 14.8. The van der Waals surface area contributed by atoms with Gasteiger partial charge in [-0.05, 0) is 29.0 Å². The summed E-state index contributed by atoms with van der Waals surface area (Å²) in [5.74, 6) is -2.19. The van der Waals surface area contributed by atoms with Crippen molar-refractivity contribution in [3.63, 3.8) is 0 Å². The van der Waals surface area contributed by atoms with Gasteiger partial charge in [0.1, 0.15) is 11.5 Å². The van der Waals surface area contributed by atoms with E-state index in [2.05, 4.69) is 20.1 Å². The van der Waals surface area contributed by atoms with Crippen molar-refractivity contribution < 1.29 is 18.5 Å². The topological polar surface area (TPSA) is 103 Å². The van der Waals surface area contributed by atoms with Gasteiger partial charge in [0, 0.05) is 23.3 Å². The molecule has 2 aromatic carbocycles. The molecule has 1 saturated heterocycles. The lowest BCUT2D eigenvalue weighted by Gasteiger charge is -2.34. The molecule has 2 aliphatic rings. The molecule has 0 aliphatic carbocycles. The Morgan fingerprint density at radius 2 is 1.95 bits per heavy atom. The Labute approximate surface area is 232 Å². The number of hydrogen-bond donors (Lipinski definition) is 2. The average Bonchev–Trinajstić information content (AvgIpc) is 3.64. The molecule has 0 bridgehead atoms. The lowest BCUT2D eigenvalue weighted by Crippen LogP contribution is -2.52. The number of rotatable bonds is 5.